The molecule has 1 amide bonds. The summed E-state index contributed by atoms with van der Waals surface area (Å²) in [6, 6.07) is 9.41. The number of carbonyl (C=O) groups is 2. The van der Waals surface area contributed by atoms with Gasteiger partial charge in [0.05, 0.1) is 9.92 Å². The second-order valence-electron chi connectivity index (χ2n) is 7.65. The SMILES string of the molecule is CC(OC(=O)/C=C/c1ccc(S(=O)(=O)N2CCCCCC2)cc1)C(=O)Nc1ccc(Cl)cn1. The molecule has 10 heteroatoms. The lowest BCUT2D eigenvalue weighted by Crippen LogP contribution is -2.31. The average Bonchev–Trinajstić information content (AvgIpc) is 3.10. The molecule has 0 radical (unpaired) electrons. The van der Waals surface area contributed by atoms with E-state index in [9.17, 15) is 18.0 Å². The number of rotatable bonds is 7. The number of anilines is 1. The van der Waals surface area contributed by atoms with Crippen LogP contribution < -0.4 is 5.32 Å². The van der Waals surface area contributed by atoms with Gasteiger partial charge >= 0.3 is 5.97 Å². The summed E-state index contributed by atoms with van der Waals surface area (Å²) in [6.07, 6.45) is 6.86. The number of carbonyl (C=O) groups excluding carboxylic acids is 2. The number of ether oxygens (including phenoxy) is 1. The number of amides is 1. The highest BCUT2D eigenvalue weighted by Crippen LogP contribution is 2.21. The summed E-state index contributed by atoms with van der Waals surface area (Å²) < 4.78 is 32.3. The van der Waals surface area contributed by atoms with Gasteiger partial charge in [-0.15, -0.1) is 0 Å². The molecule has 0 saturated carbocycles. The molecule has 1 aromatic heterocycles. The Balaban J connectivity index is 1.55. The van der Waals surface area contributed by atoms with Crippen molar-refractivity contribution in [1.82, 2.24) is 9.29 Å². The summed E-state index contributed by atoms with van der Waals surface area (Å²) in [6.45, 7) is 2.52. The maximum Gasteiger partial charge on any atom is 0.331 e. The Kier molecular flexibility index (Phi) is 8.60. The molecule has 1 atom stereocenters. The first-order valence-electron chi connectivity index (χ1n) is 10.7. The first kappa shape index (κ1) is 24.9. The molecule has 1 unspecified atom stereocenters. The molecule has 1 saturated heterocycles. The van der Waals surface area contributed by atoms with Gasteiger partial charge in [-0.05, 0) is 55.7 Å². The molecule has 176 valence electrons. The van der Waals surface area contributed by atoms with Crippen molar-refractivity contribution >= 4 is 45.4 Å². The lowest BCUT2D eigenvalue weighted by Gasteiger charge is -2.19. The number of esters is 1. The van der Waals surface area contributed by atoms with Gasteiger partial charge in [-0.25, -0.2) is 18.2 Å². The molecule has 0 aliphatic carbocycles. The normalized spacial score (nSPS) is 16.2. The van der Waals surface area contributed by atoms with Crippen LogP contribution in [0.3, 0.4) is 0 Å². The van der Waals surface area contributed by atoms with E-state index in [4.69, 9.17) is 16.3 Å². The highest BCUT2D eigenvalue weighted by atomic mass is 35.5. The Hall–Kier alpha value is -2.75. The van der Waals surface area contributed by atoms with E-state index in [0.717, 1.165) is 25.7 Å². The first-order chi connectivity index (χ1) is 15.8. The number of hydrogen-bond donors (Lipinski definition) is 1. The predicted octanol–water partition coefficient (Wildman–Crippen LogP) is 3.88. The number of nitrogens with one attached hydrogen (secondary N) is 1. The zero-order valence-corrected chi connectivity index (χ0v) is 19.8. The van der Waals surface area contributed by atoms with Crippen LogP contribution in [0.5, 0.6) is 0 Å². The van der Waals surface area contributed by atoms with Gasteiger partial charge in [-0.2, -0.15) is 4.31 Å². The molecule has 3 rings (SSSR count). The molecule has 2 aromatic rings. The van der Waals surface area contributed by atoms with Crippen molar-refractivity contribution in [3.05, 3.63) is 59.3 Å². The Morgan fingerprint density at radius 2 is 1.76 bits per heavy atom. The number of halogens is 1. The highest BCUT2D eigenvalue weighted by Gasteiger charge is 2.24. The third-order valence-electron chi connectivity index (χ3n) is 5.14. The molecule has 1 N–H and O–H groups in total. The molecule has 1 fully saturated rings. The Morgan fingerprint density at radius 3 is 2.36 bits per heavy atom. The number of sulfonamides is 1. The third kappa shape index (κ3) is 7.12. The minimum Gasteiger partial charge on any atom is -0.449 e. The van der Waals surface area contributed by atoms with Crippen LogP contribution in [0.4, 0.5) is 5.82 Å². The standard InChI is InChI=1S/C23H26ClN3O5S/c1-17(23(29)26-21-12-9-19(24)16-25-21)32-22(28)13-8-18-6-10-20(11-7-18)33(30,31)27-14-4-2-3-5-15-27/h6-13,16-17H,2-5,14-15H2,1H3,(H,25,26,29)/b13-8+. The maximum atomic E-state index is 12.8. The zero-order chi connectivity index (χ0) is 23.8. The molecule has 0 spiro atoms. The number of nitrogens with zero attached hydrogens (tertiary/aromatic N) is 2. The first-order valence-corrected chi connectivity index (χ1v) is 12.5. The van der Waals surface area contributed by atoms with Crippen LogP contribution >= 0.6 is 11.6 Å². The van der Waals surface area contributed by atoms with Crippen LogP contribution in [0.1, 0.15) is 38.2 Å². The second-order valence-corrected chi connectivity index (χ2v) is 10.0. The average molecular weight is 492 g/mol. The van der Waals surface area contributed by atoms with Crippen molar-refractivity contribution in [2.24, 2.45) is 0 Å². The van der Waals surface area contributed by atoms with E-state index in [-0.39, 0.29) is 10.7 Å². The van der Waals surface area contributed by atoms with Gasteiger partial charge < -0.3 is 10.1 Å². The largest absolute Gasteiger partial charge is 0.449 e. The van der Waals surface area contributed by atoms with Gasteiger partial charge in [0, 0.05) is 25.4 Å². The van der Waals surface area contributed by atoms with E-state index in [2.05, 4.69) is 10.3 Å². The van der Waals surface area contributed by atoms with Gasteiger partial charge in [0.2, 0.25) is 10.0 Å². The highest BCUT2D eigenvalue weighted by molar-refractivity contribution is 7.89. The minimum atomic E-state index is -3.53. The van der Waals surface area contributed by atoms with Crippen LogP contribution in [-0.2, 0) is 24.3 Å². The molecule has 33 heavy (non-hydrogen) atoms. The van der Waals surface area contributed by atoms with Crippen molar-refractivity contribution in [2.75, 3.05) is 18.4 Å². The molecular weight excluding hydrogens is 466 g/mol. The molecule has 2 heterocycles. The summed E-state index contributed by atoms with van der Waals surface area (Å²) >= 11 is 5.75. The predicted molar refractivity (Wildman–Crippen MR) is 126 cm³/mol. The molecule has 1 aliphatic rings. The molecule has 1 aromatic carbocycles. The molecule has 0 bridgehead atoms. The van der Waals surface area contributed by atoms with Crippen molar-refractivity contribution in [1.29, 1.82) is 0 Å². The second kappa shape index (κ2) is 11.4. The molecule has 8 nitrogen and oxygen atoms in total. The van der Waals surface area contributed by atoms with E-state index in [1.54, 1.807) is 18.2 Å². The van der Waals surface area contributed by atoms with E-state index in [0.29, 0.717) is 23.7 Å². The minimum absolute atomic E-state index is 0.227. The summed E-state index contributed by atoms with van der Waals surface area (Å²) in [5.41, 5.74) is 0.629. The fourth-order valence-electron chi connectivity index (χ4n) is 3.29. The number of aromatic nitrogens is 1. The quantitative estimate of drug-likeness (QED) is 0.465. The van der Waals surface area contributed by atoms with Crippen LogP contribution in [0.2, 0.25) is 5.02 Å². The van der Waals surface area contributed by atoms with Crippen LogP contribution in [0, 0.1) is 0 Å². The Bertz CT molecular complexity index is 1090. The van der Waals surface area contributed by atoms with Crippen molar-refractivity contribution in [3.8, 4) is 0 Å². The van der Waals surface area contributed by atoms with Gasteiger partial charge in [0.1, 0.15) is 5.82 Å². The maximum absolute atomic E-state index is 12.8. The van der Waals surface area contributed by atoms with Crippen LogP contribution in [0.15, 0.2) is 53.6 Å². The number of pyridine rings is 1. The van der Waals surface area contributed by atoms with Crippen molar-refractivity contribution < 1.29 is 22.7 Å². The lowest BCUT2D eigenvalue weighted by atomic mass is 10.2. The zero-order valence-electron chi connectivity index (χ0n) is 18.2. The fourth-order valence-corrected chi connectivity index (χ4v) is 4.92. The monoisotopic (exact) mass is 491 g/mol. The van der Waals surface area contributed by atoms with Gasteiger partial charge in [-0.1, -0.05) is 36.6 Å². The molecular formula is C23H26ClN3O5S. The van der Waals surface area contributed by atoms with E-state index >= 15 is 0 Å². The summed E-state index contributed by atoms with van der Waals surface area (Å²) in [5.74, 6) is -0.948. The van der Waals surface area contributed by atoms with Crippen molar-refractivity contribution in [3.63, 3.8) is 0 Å². The van der Waals surface area contributed by atoms with Crippen LogP contribution in [0.25, 0.3) is 6.08 Å². The van der Waals surface area contributed by atoms with E-state index < -0.39 is 28.0 Å². The number of hydrogen-bond acceptors (Lipinski definition) is 6. The van der Waals surface area contributed by atoms with Gasteiger partial charge in [0.25, 0.3) is 5.91 Å². The summed E-state index contributed by atoms with van der Waals surface area (Å²) in [7, 11) is -3.53. The molecule has 1 aliphatic heterocycles. The smallest absolute Gasteiger partial charge is 0.331 e. The topological polar surface area (TPSA) is 106 Å². The third-order valence-corrected chi connectivity index (χ3v) is 7.27. The van der Waals surface area contributed by atoms with Gasteiger partial charge in [0.15, 0.2) is 6.10 Å². The van der Waals surface area contributed by atoms with Crippen molar-refractivity contribution in [2.45, 2.75) is 43.6 Å². The van der Waals surface area contributed by atoms with Crippen LogP contribution in [-0.4, -0.2) is 48.8 Å². The summed E-state index contributed by atoms with van der Waals surface area (Å²) in [5, 5.41) is 2.96. The number of benzene rings is 1. The van der Waals surface area contributed by atoms with Gasteiger partial charge in [-0.3, -0.25) is 4.79 Å². The fraction of sp³-hybridized carbons (Fsp3) is 0.348. The summed E-state index contributed by atoms with van der Waals surface area (Å²) in [4.78, 5) is 28.4. The van der Waals surface area contributed by atoms with E-state index in [1.807, 2.05) is 0 Å². The van der Waals surface area contributed by atoms with E-state index in [1.165, 1.54) is 47.8 Å². The Morgan fingerprint density at radius 1 is 1.09 bits per heavy atom. The lowest BCUT2D eigenvalue weighted by molar-refractivity contribution is -0.148. The Labute approximate surface area is 198 Å².